The van der Waals surface area contributed by atoms with Crippen molar-refractivity contribution in [2.24, 2.45) is 10.9 Å². The topological polar surface area (TPSA) is 138 Å². The van der Waals surface area contributed by atoms with Gasteiger partial charge in [0.1, 0.15) is 17.7 Å². The van der Waals surface area contributed by atoms with Gasteiger partial charge in [-0.3, -0.25) is 29.5 Å². The molecule has 3 saturated heterocycles. The van der Waals surface area contributed by atoms with Crippen molar-refractivity contribution in [1.82, 2.24) is 24.6 Å². The molecular formula is C48H55ClFN9O4. The molecule has 4 aromatic rings. The number of likely N-dealkylation sites (tertiary alicyclic amines) is 1. The van der Waals surface area contributed by atoms with Gasteiger partial charge in [0, 0.05) is 104 Å². The van der Waals surface area contributed by atoms with E-state index in [4.69, 9.17) is 16.6 Å². The van der Waals surface area contributed by atoms with Crippen LogP contribution in [0.2, 0.25) is 5.02 Å². The summed E-state index contributed by atoms with van der Waals surface area (Å²) in [5.74, 6) is 0.450. The van der Waals surface area contributed by atoms with E-state index in [1.54, 1.807) is 11.0 Å². The highest BCUT2D eigenvalue weighted by Gasteiger charge is 2.39. The predicted octanol–water partition coefficient (Wildman–Crippen LogP) is 6.46. The van der Waals surface area contributed by atoms with Crippen molar-refractivity contribution in [3.8, 4) is 11.1 Å². The van der Waals surface area contributed by atoms with Crippen molar-refractivity contribution in [3.05, 3.63) is 100.0 Å². The van der Waals surface area contributed by atoms with Crippen molar-refractivity contribution in [1.29, 1.82) is 0 Å². The molecule has 6 aliphatic rings. The van der Waals surface area contributed by atoms with Crippen LogP contribution >= 0.6 is 11.6 Å². The molecular weight excluding hydrogens is 821 g/mol. The number of rotatable bonds is 10. The molecule has 5 aliphatic heterocycles. The van der Waals surface area contributed by atoms with Crippen LogP contribution in [-0.2, 0) is 22.7 Å². The summed E-state index contributed by atoms with van der Waals surface area (Å²) in [5.41, 5.74) is 7.82. The van der Waals surface area contributed by atoms with E-state index in [2.05, 4.69) is 71.7 Å². The first-order valence-electron chi connectivity index (χ1n) is 22.6. The number of aliphatic hydroxyl groups excluding tert-OH is 1. The number of piperidine rings is 2. The Kier molecular flexibility index (Phi) is 11.7. The Morgan fingerprint density at radius 2 is 1.62 bits per heavy atom. The first-order chi connectivity index (χ1) is 30.6. The SMILES string of the molecule is O=C1CCC(N2Cc3cc(N4CCN(CC5CCN(Cc6ccc(-c7cn(C8CCC(O)CC8)c8c7C=NC(Nc7cc(F)cc(Cl)c7)N8)cc6)CC5)CC4)ccc3C2=O)C(=O)N1. The largest absolute Gasteiger partial charge is 0.393 e. The highest BCUT2D eigenvalue weighted by atomic mass is 35.5. The predicted molar refractivity (Wildman–Crippen MR) is 243 cm³/mol. The number of piperazine rings is 1. The Morgan fingerprint density at radius 1 is 0.841 bits per heavy atom. The van der Waals surface area contributed by atoms with Gasteiger partial charge in [-0.2, -0.15) is 0 Å². The zero-order chi connectivity index (χ0) is 43.2. The van der Waals surface area contributed by atoms with Gasteiger partial charge in [0.15, 0.2) is 6.29 Å². The fourth-order valence-corrected chi connectivity index (χ4v) is 10.8. The van der Waals surface area contributed by atoms with E-state index in [0.29, 0.717) is 35.2 Å². The number of carbonyl (C=O) groups excluding carboxylic acids is 3. The third-order valence-electron chi connectivity index (χ3n) is 14.1. The number of imide groups is 1. The molecule has 3 amide bonds. The Hall–Kier alpha value is -5.28. The number of hydrogen-bond acceptors (Lipinski definition) is 10. The van der Waals surface area contributed by atoms with Crippen LogP contribution in [0.5, 0.6) is 0 Å². The van der Waals surface area contributed by atoms with Gasteiger partial charge in [-0.1, -0.05) is 35.9 Å². The molecule has 10 rings (SSSR count). The first-order valence-corrected chi connectivity index (χ1v) is 23.0. The first kappa shape index (κ1) is 41.7. The van der Waals surface area contributed by atoms with Crippen molar-refractivity contribution >= 4 is 52.7 Å². The maximum Gasteiger partial charge on any atom is 0.255 e. The third kappa shape index (κ3) is 8.95. The number of amides is 3. The van der Waals surface area contributed by atoms with Crippen LogP contribution in [0.25, 0.3) is 11.1 Å². The molecule has 2 unspecified atom stereocenters. The Bertz CT molecular complexity index is 2380. The second-order valence-electron chi connectivity index (χ2n) is 18.2. The highest BCUT2D eigenvalue weighted by Crippen LogP contribution is 2.40. The second-order valence-corrected chi connectivity index (χ2v) is 18.7. The summed E-state index contributed by atoms with van der Waals surface area (Å²) in [6.45, 7) is 8.49. The van der Waals surface area contributed by atoms with Gasteiger partial charge in [-0.25, -0.2) is 9.38 Å². The second kappa shape index (κ2) is 17.7. The monoisotopic (exact) mass is 875 g/mol. The number of halogens is 2. The molecule has 0 spiro atoms. The summed E-state index contributed by atoms with van der Waals surface area (Å²) in [5, 5.41) is 19.8. The standard InChI is InChI=1S/C48H55ClFN9O4/c49-34-22-35(50)24-36(23-34)52-48-51-25-41-42(29-58(45(41)54-48)37-5-8-39(60)9-6-37)32-3-1-30(2-4-32)26-55-15-13-31(14-16-55)27-56-17-19-57(20-18-56)38-7-10-40-33(21-38)28-59(47(40)63)43-11-12-44(61)53-46(43)62/h1-4,7,10,21-25,29,31,37,39,43,48,52,54,60H,5-6,8-9,11-20,26-28H2,(H,53,61,62). The number of anilines is 3. The molecule has 3 aromatic carbocycles. The number of hydrogen-bond donors (Lipinski definition) is 4. The zero-order valence-corrected chi connectivity index (χ0v) is 36.2. The van der Waals surface area contributed by atoms with E-state index in [-0.39, 0.29) is 36.3 Å². The van der Waals surface area contributed by atoms with Gasteiger partial charge < -0.3 is 30.1 Å². The number of nitrogens with one attached hydrogen (secondary N) is 3. The average molecular weight is 876 g/mol. The molecule has 13 nitrogen and oxygen atoms in total. The maximum atomic E-state index is 14.1. The van der Waals surface area contributed by atoms with E-state index in [9.17, 15) is 23.9 Å². The molecule has 1 saturated carbocycles. The lowest BCUT2D eigenvalue weighted by molar-refractivity contribution is -0.136. The quantitative estimate of drug-likeness (QED) is 0.133. The van der Waals surface area contributed by atoms with E-state index in [1.165, 1.54) is 30.5 Å². The van der Waals surface area contributed by atoms with E-state index < -0.39 is 18.1 Å². The van der Waals surface area contributed by atoms with Gasteiger partial charge in [-0.05, 0) is 117 Å². The van der Waals surface area contributed by atoms with Crippen LogP contribution in [0.15, 0.2) is 71.9 Å². The number of nitrogens with zero attached hydrogens (tertiary/aromatic N) is 6. The van der Waals surface area contributed by atoms with Gasteiger partial charge in [0.25, 0.3) is 5.91 Å². The fourth-order valence-electron chi connectivity index (χ4n) is 10.5. The highest BCUT2D eigenvalue weighted by molar-refractivity contribution is 6.30. The van der Waals surface area contributed by atoms with Crippen LogP contribution in [-0.4, -0.2) is 113 Å². The number of aromatic nitrogens is 1. The van der Waals surface area contributed by atoms with E-state index >= 15 is 0 Å². The van der Waals surface area contributed by atoms with Crippen molar-refractivity contribution in [3.63, 3.8) is 0 Å². The number of fused-ring (bicyclic) bond motifs is 2. The summed E-state index contributed by atoms with van der Waals surface area (Å²) in [6, 6.07) is 19.0. The number of aliphatic hydroxyl groups is 1. The lowest BCUT2D eigenvalue weighted by Gasteiger charge is -2.39. The molecule has 2 atom stereocenters. The van der Waals surface area contributed by atoms with Crippen LogP contribution in [0.3, 0.4) is 0 Å². The minimum Gasteiger partial charge on any atom is -0.393 e. The molecule has 4 N–H and O–H groups in total. The van der Waals surface area contributed by atoms with Crippen LogP contribution in [0, 0.1) is 11.7 Å². The van der Waals surface area contributed by atoms with E-state index in [0.717, 1.165) is 112 Å². The molecule has 1 aliphatic carbocycles. The van der Waals surface area contributed by atoms with Crippen molar-refractivity contribution in [2.75, 3.05) is 61.3 Å². The van der Waals surface area contributed by atoms with E-state index in [1.807, 2.05) is 18.3 Å². The minimum absolute atomic E-state index is 0.132. The lowest BCUT2D eigenvalue weighted by atomic mass is 9.93. The molecule has 0 bridgehead atoms. The van der Waals surface area contributed by atoms with Crippen LogP contribution in [0.1, 0.15) is 84.5 Å². The summed E-state index contributed by atoms with van der Waals surface area (Å²) < 4.78 is 16.4. The lowest BCUT2D eigenvalue weighted by Crippen LogP contribution is -2.52. The molecule has 0 radical (unpaired) electrons. The molecule has 15 heteroatoms. The number of aliphatic imine (C=N–C) groups is 1. The molecule has 6 heterocycles. The number of carbonyl (C=O) groups is 3. The summed E-state index contributed by atoms with van der Waals surface area (Å²) in [4.78, 5) is 51.3. The zero-order valence-electron chi connectivity index (χ0n) is 35.4. The average Bonchev–Trinajstić information content (AvgIpc) is 3.81. The normalized spacial score (nSPS) is 24.6. The van der Waals surface area contributed by atoms with Gasteiger partial charge in [0.05, 0.1) is 6.10 Å². The summed E-state index contributed by atoms with van der Waals surface area (Å²) >= 11 is 6.13. The number of benzene rings is 3. The van der Waals surface area contributed by atoms with Gasteiger partial charge in [-0.15, -0.1) is 0 Å². The fraction of sp³-hybridized carbons (Fsp3) is 0.458. The van der Waals surface area contributed by atoms with Crippen molar-refractivity contribution < 1.29 is 23.9 Å². The Balaban J connectivity index is 0.714. The molecule has 1 aromatic heterocycles. The van der Waals surface area contributed by atoms with Crippen LogP contribution < -0.4 is 20.9 Å². The molecule has 330 valence electrons. The molecule has 4 fully saturated rings. The maximum absolute atomic E-state index is 14.1. The van der Waals surface area contributed by atoms with Crippen molar-refractivity contribution in [2.45, 2.75) is 88.9 Å². The molecule has 63 heavy (non-hydrogen) atoms. The summed E-state index contributed by atoms with van der Waals surface area (Å²) in [6.07, 6.45) is 9.71. The smallest absolute Gasteiger partial charge is 0.255 e. The van der Waals surface area contributed by atoms with Crippen LogP contribution in [0.4, 0.5) is 21.6 Å². The Morgan fingerprint density at radius 3 is 2.37 bits per heavy atom. The summed E-state index contributed by atoms with van der Waals surface area (Å²) in [7, 11) is 0. The minimum atomic E-state index is -0.598. The van der Waals surface area contributed by atoms with Gasteiger partial charge >= 0.3 is 0 Å². The Labute approximate surface area is 372 Å². The third-order valence-corrected chi connectivity index (χ3v) is 14.3. The van der Waals surface area contributed by atoms with Gasteiger partial charge in [0.2, 0.25) is 11.8 Å².